The van der Waals surface area contributed by atoms with Crippen molar-refractivity contribution < 1.29 is 31.2 Å². The van der Waals surface area contributed by atoms with E-state index in [1.54, 1.807) is 0 Å². The lowest BCUT2D eigenvalue weighted by Gasteiger charge is -2.10. The first-order valence-electron chi connectivity index (χ1n) is 4.28. The second-order valence-corrected chi connectivity index (χ2v) is 5.68. The number of halogens is 4. The molecule has 0 aromatic carbocycles. The molecule has 0 aliphatic heterocycles. The van der Waals surface area contributed by atoms with Gasteiger partial charge in [-0.1, -0.05) is 0 Å². The van der Waals surface area contributed by atoms with Crippen molar-refractivity contribution in [3.8, 4) is 5.88 Å². The lowest BCUT2D eigenvalue weighted by Crippen LogP contribution is -2.19. The number of hydrogen-bond acceptors (Lipinski definition) is 6. The van der Waals surface area contributed by atoms with E-state index in [9.17, 15) is 31.7 Å². The van der Waals surface area contributed by atoms with Crippen molar-refractivity contribution >= 4 is 25.4 Å². The number of hydrogen-bond donors (Lipinski definition) is 0. The predicted molar refractivity (Wildman–Crippen MR) is 55.4 cm³/mol. The molecule has 0 unspecified atom stereocenters. The molecule has 1 rings (SSSR count). The summed E-state index contributed by atoms with van der Waals surface area (Å²) < 4.78 is 61.5. The van der Waals surface area contributed by atoms with Crippen LogP contribution in [0.2, 0.25) is 0 Å². The Balaban J connectivity index is 3.54. The zero-order valence-corrected chi connectivity index (χ0v) is 10.5. The van der Waals surface area contributed by atoms with Gasteiger partial charge in [0, 0.05) is 10.7 Å². The fourth-order valence-electron chi connectivity index (χ4n) is 1.20. The largest absolute Gasteiger partial charge is 0.574 e. The summed E-state index contributed by atoms with van der Waals surface area (Å²) in [5.74, 6) is -1.36. The molecule has 0 saturated heterocycles. The third-order valence-electron chi connectivity index (χ3n) is 1.88. The standard InChI is InChI=1S/C7H4ClF3N2O5S/c1-3-4(19(8,16)17)2-12-6(5(3)13(14)15)18-7(9,10)11/h2H,1H3. The van der Waals surface area contributed by atoms with Crippen LogP contribution >= 0.6 is 10.7 Å². The van der Waals surface area contributed by atoms with E-state index in [0.717, 1.165) is 6.92 Å². The van der Waals surface area contributed by atoms with Crippen molar-refractivity contribution in [2.75, 3.05) is 0 Å². The van der Waals surface area contributed by atoms with Crippen LogP contribution in [0, 0.1) is 17.0 Å². The summed E-state index contributed by atoms with van der Waals surface area (Å²) in [6.07, 6.45) is -4.75. The Bertz CT molecular complexity index is 630. The van der Waals surface area contributed by atoms with E-state index in [0.29, 0.717) is 6.20 Å². The molecule has 1 aromatic heterocycles. The average molecular weight is 321 g/mol. The third kappa shape index (κ3) is 3.67. The van der Waals surface area contributed by atoms with Gasteiger partial charge in [0.2, 0.25) is 0 Å². The van der Waals surface area contributed by atoms with Crippen LogP contribution in [0.15, 0.2) is 11.1 Å². The molecule has 0 radical (unpaired) electrons. The minimum atomic E-state index is -5.20. The van der Waals surface area contributed by atoms with E-state index in [2.05, 4.69) is 9.72 Å². The highest BCUT2D eigenvalue weighted by Gasteiger charge is 2.37. The van der Waals surface area contributed by atoms with Crippen molar-refractivity contribution in [3.05, 3.63) is 21.9 Å². The fraction of sp³-hybridized carbons (Fsp3) is 0.286. The number of aromatic nitrogens is 1. The summed E-state index contributed by atoms with van der Waals surface area (Å²) >= 11 is 0. The molecular formula is C7H4ClF3N2O5S. The lowest BCUT2D eigenvalue weighted by atomic mass is 10.2. The average Bonchev–Trinajstić information content (AvgIpc) is 2.11. The van der Waals surface area contributed by atoms with Crippen LogP contribution in [0.25, 0.3) is 0 Å². The van der Waals surface area contributed by atoms with Gasteiger partial charge in [-0.2, -0.15) is 0 Å². The van der Waals surface area contributed by atoms with Crippen LogP contribution < -0.4 is 4.74 Å². The summed E-state index contributed by atoms with van der Waals surface area (Å²) in [4.78, 5) is 11.6. The first-order chi connectivity index (χ1) is 8.43. The van der Waals surface area contributed by atoms with Crippen LogP contribution in [-0.2, 0) is 9.05 Å². The van der Waals surface area contributed by atoms with Gasteiger partial charge in [-0.15, -0.1) is 13.2 Å². The molecule has 0 atom stereocenters. The molecule has 0 spiro atoms. The Kier molecular flexibility index (Phi) is 3.91. The van der Waals surface area contributed by atoms with Crippen LogP contribution in [0.3, 0.4) is 0 Å². The van der Waals surface area contributed by atoms with Crippen molar-refractivity contribution in [1.82, 2.24) is 4.98 Å². The number of ether oxygens (including phenoxy) is 1. The van der Waals surface area contributed by atoms with E-state index in [1.807, 2.05) is 0 Å². The summed E-state index contributed by atoms with van der Waals surface area (Å²) in [7, 11) is 0.591. The van der Waals surface area contributed by atoms with Gasteiger partial charge < -0.3 is 4.74 Å². The van der Waals surface area contributed by atoms with E-state index < -0.39 is 42.4 Å². The maximum Gasteiger partial charge on any atom is 0.574 e. The second-order valence-electron chi connectivity index (χ2n) is 3.14. The predicted octanol–water partition coefficient (Wildman–Crippen LogP) is 2.12. The number of nitro groups is 1. The molecule has 0 N–H and O–H groups in total. The molecule has 1 heterocycles. The molecule has 0 fully saturated rings. The molecule has 7 nitrogen and oxygen atoms in total. The molecule has 0 aliphatic rings. The van der Waals surface area contributed by atoms with Gasteiger partial charge in [0.05, 0.1) is 16.7 Å². The molecule has 19 heavy (non-hydrogen) atoms. The summed E-state index contributed by atoms with van der Waals surface area (Å²) in [5, 5.41) is 10.7. The van der Waals surface area contributed by atoms with E-state index in [-0.39, 0.29) is 0 Å². The summed E-state index contributed by atoms with van der Waals surface area (Å²) in [5.41, 5.74) is -1.83. The Labute approximate surface area is 108 Å². The maximum absolute atomic E-state index is 12.0. The quantitative estimate of drug-likeness (QED) is 0.480. The third-order valence-corrected chi connectivity index (χ3v) is 3.32. The zero-order valence-electron chi connectivity index (χ0n) is 8.93. The molecule has 1 aromatic rings. The monoisotopic (exact) mass is 320 g/mol. The Morgan fingerprint density at radius 3 is 2.37 bits per heavy atom. The van der Waals surface area contributed by atoms with Gasteiger partial charge in [-0.3, -0.25) is 10.1 Å². The molecular weight excluding hydrogens is 317 g/mol. The first-order valence-corrected chi connectivity index (χ1v) is 6.59. The van der Waals surface area contributed by atoms with E-state index >= 15 is 0 Å². The minimum Gasteiger partial charge on any atom is -0.381 e. The minimum absolute atomic E-state index is 0.450. The van der Waals surface area contributed by atoms with Crippen LogP contribution in [0.1, 0.15) is 5.56 Å². The van der Waals surface area contributed by atoms with E-state index in [4.69, 9.17) is 10.7 Å². The normalized spacial score (nSPS) is 12.3. The van der Waals surface area contributed by atoms with Gasteiger partial charge in [0.15, 0.2) is 0 Å². The molecule has 0 bridgehead atoms. The van der Waals surface area contributed by atoms with Crippen molar-refractivity contribution in [2.45, 2.75) is 18.2 Å². The van der Waals surface area contributed by atoms with Gasteiger partial charge in [-0.05, 0) is 6.92 Å². The summed E-state index contributed by atoms with van der Waals surface area (Å²) in [6.45, 7) is 0.915. The van der Waals surface area contributed by atoms with Crippen LogP contribution in [0.5, 0.6) is 5.88 Å². The van der Waals surface area contributed by atoms with Gasteiger partial charge in [-0.25, -0.2) is 13.4 Å². The highest BCUT2D eigenvalue weighted by atomic mass is 35.7. The molecule has 0 amide bonds. The molecule has 106 valence electrons. The van der Waals surface area contributed by atoms with Crippen LogP contribution in [-0.4, -0.2) is 24.7 Å². The second kappa shape index (κ2) is 4.81. The zero-order chi connectivity index (χ0) is 15.0. The van der Waals surface area contributed by atoms with E-state index in [1.165, 1.54) is 0 Å². The topological polar surface area (TPSA) is 99.4 Å². The van der Waals surface area contributed by atoms with Crippen LogP contribution in [0.4, 0.5) is 18.9 Å². The highest BCUT2D eigenvalue weighted by molar-refractivity contribution is 8.13. The van der Waals surface area contributed by atoms with Crippen molar-refractivity contribution in [2.24, 2.45) is 0 Å². The number of nitrogens with zero attached hydrogens (tertiary/aromatic N) is 2. The smallest absolute Gasteiger partial charge is 0.381 e. The highest BCUT2D eigenvalue weighted by Crippen LogP contribution is 2.36. The summed E-state index contributed by atoms with van der Waals surface area (Å²) in [6, 6.07) is 0. The Morgan fingerprint density at radius 2 is 2.00 bits per heavy atom. The van der Waals surface area contributed by atoms with Gasteiger partial charge >= 0.3 is 17.9 Å². The number of rotatable bonds is 3. The Morgan fingerprint density at radius 1 is 1.47 bits per heavy atom. The van der Waals surface area contributed by atoms with Crippen molar-refractivity contribution in [1.29, 1.82) is 0 Å². The molecule has 0 aliphatic carbocycles. The SMILES string of the molecule is Cc1c(S(=O)(=O)Cl)cnc(OC(F)(F)F)c1[N+](=O)[O-]. The molecule has 0 saturated carbocycles. The lowest BCUT2D eigenvalue weighted by molar-refractivity contribution is -0.390. The van der Waals surface area contributed by atoms with Crippen molar-refractivity contribution in [3.63, 3.8) is 0 Å². The maximum atomic E-state index is 12.0. The van der Waals surface area contributed by atoms with Gasteiger partial charge in [0.25, 0.3) is 9.05 Å². The fourth-order valence-corrected chi connectivity index (χ4v) is 2.31. The first kappa shape index (κ1) is 15.4. The molecule has 12 heteroatoms. The number of alkyl halides is 3. The Hall–Kier alpha value is -1.62. The van der Waals surface area contributed by atoms with Gasteiger partial charge in [0.1, 0.15) is 4.90 Å². The number of pyridine rings is 1.